The first kappa shape index (κ1) is 21.3. The highest BCUT2D eigenvalue weighted by Crippen LogP contribution is 2.23. The third-order valence-corrected chi connectivity index (χ3v) is 3.88. The second-order valence-electron chi connectivity index (χ2n) is 6.09. The summed E-state index contributed by atoms with van der Waals surface area (Å²) >= 11 is 0. The number of aryl methyl sites for hydroxylation is 1. The molecule has 1 amide bonds. The molecule has 5 nitrogen and oxygen atoms in total. The number of carbonyl (C=O) groups excluding carboxylic acids is 2. The van der Waals surface area contributed by atoms with E-state index in [0.717, 1.165) is 35.4 Å². The van der Waals surface area contributed by atoms with E-state index in [1.54, 1.807) is 0 Å². The van der Waals surface area contributed by atoms with Gasteiger partial charge in [-0.25, -0.2) is 4.79 Å². The predicted octanol–water partition coefficient (Wildman–Crippen LogP) is 4.32. The van der Waals surface area contributed by atoms with Gasteiger partial charge in [0.05, 0.1) is 11.6 Å². The van der Waals surface area contributed by atoms with Crippen LogP contribution in [0, 0.1) is 6.92 Å². The van der Waals surface area contributed by atoms with E-state index in [1.165, 1.54) is 0 Å². The van der Waals surface area contributed by atoms with E-state index in [2.05, 4.69) is 10.1 Å². The normalized spacial score (nSPS) is 12.2. The van der Waals surface area contributed by atoms with Crippen LogP contribution in [0.2, 0.25) is 0 Å². The van der Waals surface area contributed by atoms with Gasteiger partial charge in [0.1, 0.15) is 5.75 Å². The Balaban J connectivity index is 1.87. The smallest absolute Gasteiger partial charge is 0.452 e. The summed E-state index contributed by atoms with van der Waals surface area (Å²) in [5, 5.41) is 2.78. The molecule has 2 aromatic rings. The highest BCUT2D eigenvalue weighted by molar-refractivity contribution is 5.91. The van der Waals surface area contributed by atoms with Crippen LogP contribution in [0.15, 0.2) is 48.5 Å². The zero-order chi connectivity index (χ0) is 20.7. The van der Waals surface area contributed by atoms with Crippen molar-refractivity contribution in [2.24, 2.45) is 0 Å². The second-order valence-corrected chi connectivity index (χ2v) is 6.09. The highest BCUT2D eigenvalue weighted by atomic mass is 19.4. The fourth-order valence-electron chi connectivity index (χ4n) is 2.46. The number of benzene rings is 2. The van der Waals surface area contributed by atoms with Crippen LogP contribution in [0.25, 0.3) is 0 Å². The van der Waals surface area contributed by atoms with Gasteiger partial charge in [0, 0.05) is 0 Å². The average molecular weight is 395 g/mol. The molecule has 0 saturated heterocycles. The van der Waals surface area contributed by atoms with Gasteiger partial charge in [-0.05, 0) is 43.2 Å². The van der Waals surface area contributed by atoms with Crippen LogP contribution in [-0.4, -0.2) is 24.8 Å². The number of ether oxygens (including phenoxy) is 2. The van der Waals surface area contributed by atoms with E-state index < -0.39 is 30.6 Å². The van der Waals surface area contributed by atoms with Crippen LogP contribution in [0.3, 0.4) is 0 Å². The van der Waals surface area contributed by atoms with Crippen LogP contribution in [0.5, 0.6) is 5.75 Å². The minimum Gasteiger partial charge on any atom is -0.452 e. The molecule has 0 bridgehead atoms. The Morgan fingerprint density at radius 1 is 1.04 bits per heavy atom. The number of rotatable bonds is 7. The van der Waals surface area contributed by atoms with Crippen molar-refractivity contribution in [3.05, 3.63) is 65.2 Å². The molecule has 8 heteroatoms. The molecule has 0 aliphatic rings. The number of carbonyl (C=O) groups is 2. The van der Waals surface area contributed by atoms with Gasteiger partial charge >= 0.3 is 12.3 Å². The number of amides is 1. The van der Waals surface area contributed by atoms with E-state index in [9.17, 15) is 22.8 Å². The molecule has 0 heterocycles. The lowest BCUT2D eigenvalue weighted by Crippen LogP contribution is -2.32. The van der Waals surface area contributed by atoms with Crippen LogP contribution >= 0.6 is 0 Å². The quantitative estimate of drug-likeness (QED) is 0.710. The van der Waals surface area contributed by atoms with Crippen molar-refractivity contribution in [3.63, 3.8) is 0 Å². The summed E-state index contributed by atoms with van der Waals surface area (Å²) in [6.07, 6.45) is -4.16. The molecule has 0 radical (unpaired) electrons. The molecule has 2 rings (SSSR count). The topological polar surface area (TPSA) is 64.6 Å². The van der Waals surface area contributed by atoms with Gasteiger partial charge < -0.3 is 14.8 Å². The van der Waals surface area contributed by atoms with Gasteiger partial charge in [0.25, 0.3) is 5.91 Å². The van der Waals surface area contributed by atoms with E-state index in [4.69, 9.17) is 4.74 Å². The molecule has 0 fully saturated rings. The summed E-state index contributed by atoms with van der Waals surface area (Å²) in [6, 6.07) is 11.7. The SMILES string of the molecule is CC[C@@H](NC(=O)COC(=O)c1ccc(OC(F)(F)F)cc1)c1ccc(C)cc1. The molecule has 0 unspecified atom stereocenters. The molecular formula is C20H20F3NO4. The minimum atomic E-state index is -4.81. The van der Waals surface area contributed by atoms with Crippen molar-refractivity contribution in [3.8, 4) is 5.75 Å². The van der Waals surface area contributed by atoms with Gasteiger partial charge in [-0.2, -0.15) is 0 Å². The molecule has 0 aliphatic carbocycles. The summed E-state index contributed by atoms with van der Waals surface area (Å²) in [7, 11) is 0. The second kappa shape index (κ2) is 9.25. The van der Waals surface area contributed by atoms with Crippen molar-refractivity contribution in [2.75, 3.05) is 6.61 Å². The number of nitrogens with one attached hydrogen (secondary N) is 1. The van der Waals surface area contributed by atoms with E-state index in [-0.39, 0.29) is 11.6 Å². The largest absolute Gasteiger partial charge is 0.573 e. The Bertz CT molecular complexity index is 802. The van der Waals surface area contributed by atoms with E-state index in [1.807, 2.05) is 38.1 Å². The molecular weight excluding hydrogens is 375 g/mol. The molecule has 0 aliphatic heterocycles. The number of alkyl halides is 3. The van der Waals surface area contributed by atoms with Crippen LogP contribution in [0.4, 0.5) is 13.2 Å². The first-order valence-corrected chi connectivity index (χ1v) is 8.57. The third kappa shape index (κ3) is 6.61. The lowest BCUT2D eigenvalue weighted by Gasteiger charge is -2.17. The van der Waals surface area contributed by atoms with Gasteiger partial charge in [0.2, 0.25) is 0 Å². The summed E-state index contributed by atoms with van der Waals surface area (Å²) in [5.41, 5.74) is 2.05. The van der Waals surface area contributed by atoms with Crippen molar-refractivity contribution in [1.29, 1.82) is 0 Å². The Morgan fingerprint density at radius 2 is 1.64 bits per heavy atom. The molecule has 28 heavy (non-hydrogen) atoms. The van der Waals surface area contributed by atoms with Gasteiger partial charge in [-0.3, -0.25) is 4.79 Å². The maximum Gasteiger partial charge on any atom is 0.573 e. The fraction of sp³-hybridized carbons (Fsp3) is 0.300. The van der Waals surface area contributed by atoms with E-state index >= 15 is 0 Å². The molecule has 0 saturated carbocycles. The first-order valence-electron chi connectivity index (χ1n) is 8.57. The van der Waals surface area contributed by atoms with Gasteiger partial charge in [0.15, 0.2) is 6.61 Å². The minimum absolute atomic E-state index is 0.00732. The maximum absolute atomic E-state index is 12.1. The Labute approximate surface area is 160 Å². The fourth-order valence-corrected chi connectivity index (χ4v) is 2.46. The zero-order valence-corrected chi connectivity index (χ0v) is 15.4. The van der Waals surface area contributed by atoms with Gasteiger partial charge in [-0.1, -0.05) is 36.8 Å². The number of esters is 1. The van der Waals surface area contributed by atoms with Crippen LogP contribution in [-0.2, 0) is 9.53 Å². The Hall–Kier alpha value is -3.03. The lowest BCUT2D eigenvalue weighted by atomic mass is 10.0. The first-order chi connectivity index (χ1) is 13.2. The predicted molar refractivity (Wildman–Crippen MR) is 95.8 cm³/mol. The zero-order valence-electron chi connectivity index (χ0n) is 15.4. The third-order valence-electron chi connectivity index (χ3n) is 3.88. The summed E-state index contributed by atoms with van der Waals surface area (Å²) in [5.74, 6) is -1.75. The lowest BCUT2D eigenvalue weighted by molar-refractivity contribution is -0.274. The van der Waals surface area contributed by atoms with Crippen molar-refractivity contribution >= 4 is 11.9 Å². The molecule has 0 spiro atoms. The molecule has 0 aromatic heterocycles. The average Bonchev–Trinajstić information content (AvgIpc) is 2.64. The number of hydrogen-bond donors (Lipinski definition) is 1. The number of halogens is 3. The number of hydrogen-bond acceptors (Lipinski definition) is 4. The molecule has 1 N–H and O–H groups in total. The molecule has 2 aromatic carbocycles. The summed E-state index contributed by atoms with van der Waals surface area (Å²) in [6.45, 7) is 3.38. The van der Waals surface area contributed by atoms with Crippen molar-refractivity contribution < 1.29 is 32.2 Å². The van der Waals surface area contributed by atoms with Crippen LogP contribution < -0.4 is 10.1 Å². The van der Waals surface area contributed by atoms with Crippen molar-refractivity contribution in [1.82, 2.24) is 5.32 Å². The van der Waals surface area contributed by atoms with Gasteiger partial charge in [-0.15, -0.1) is 13.2 Å². The monoisotopic (exact) mass is 395 g/mol. The summed E-state index contributed by atoms with van der Waals surface area (Å²) in [4.78, 5) is 24.0. The maximum atomic E-state index is 12.1. The highest BCUT2D eigenvalue weighted by Gasteiger charge is 2.31. The molecule has 1 atom stereocenters. The van der Waals surface area contributed by atoms with Crippen LogP contribution in [0.1, 0.15) is 40.9 Å². The van der Waals surface area contributed by atoms with Crippen molar-refractivity contribution in [2.45, 2.75) is 32.7 Å². The Kier molecular flexibility index (Phi) is 7.03. The summed E-state index contributed by atoms with van der Waals surface area (Å²) < 4.78 is 45.0. The van der Waals surface area contributed by atoms with E-state index in [0.29, 0.717) is 6.42 Å². The Morgan fingerprint density at radius 3 is 2.18 bits per heavy atom. The standard InChI is InChI=1S/C20H20F3NO4/c1-3-17(14-6-4-13(2)5-7-14)24-18(25)12-27-19(26)15-8-10-16(11-9-15)28-20(21,22)23/h4-11,17H,3,12H2,1-2H3,(H,24,25)/t17-/m1/s1. The molecule has 150 valence electrons.